The van der Waals surface area contributed by atoms with Crippen molar-refractivity contribution in [1.29, 1.82) is 0 Å². The number of hydrogen-bond acceptors (Lipinski definition) is 8. The summed E-state index contributed by atoms with van der Waals surface area (Å²) in [4.78, 5) is 11.1. The number of methoxy groups -OCH3 is 1. The Hall–Kier alpha value is -0.770. The minimum absolute atomic E-state index is 0.558. The van der Waals surface area contributed by atoms with Gasteiger partial charge in [0.05, 0.1) is 13.7 Å². The first-order chi connectivity index (χ1) is 8.42. The first kappa shape index (κ1) is 15.3. The Morgan fingerprint density at radius 3 is 2.39 bits per heavy atom. The SMILES string of the molecule is COC(=O)C(C)OC1OC(CO)[C@H](O)[C@H](O)C1O. The van der Waals surface area contributed by atoms with Crippen molar-refractivity contribution < 1.29 is 39.4 Å². The maximum absolute atomic E-state index is 11.1. The third kappa shape index (κ3) is 3.16. The van der Waals surface area contributed by atoms with E-state index in [0.717, 1.165) is 0 Å². The second-order valence-electron chi connectivity index (χ2n) is 4.00. The van der Waals surface area contributed by atoms with E-state index in [1.165, 1.54) is 14.0 Å². The van der Waals surface area contributed by atoms with Crippen LogP contribution in [0.2, 0.25) is 0 Å². The molecule has 6 atom stereocenters. The lowest BCUT2D eigenvalue weighted by Crippen LogP contribution is -2.59. The molecule has 0 saturated carbocycles. The molecule has 8 nitrogen and oxygen atoms in total. The summed E-state index contributed by atoms with van der Waals surface area (Å²) in [7, 11) is 1.18. The largest absolute Gasteiger partial charge is 0.467 e. The summed E-state index contributed by atoms with van der Waals surface area (Å²) >= 11 is 0. The van der Waals surface area contributed by atoms with Gasteiger partial charge in [-0.2, -0.15) is 0 Å². The van der Waals surface area contributed by atoms with Crippen molar-refractivity contribution in [2.75, 3.05) is 13.7 Å². The predicted octanol–water partition coefficient (Wildman–Crippen LogP) is -2.64. The summed E-state index contributed by atoms with van der Waals surface area (Å²) in [6.07, 6.45) is -7.96. The van der Waals surface area contributed by atoms with Gasteiger partial charge in [0.25, 0.3) is 0 Å². The smallest absolute Gasteiger partial charge is 0.334 e. The van der Waals surface area contributed by atoms with Gasteiger partial charge < -0.3 is 34.6 Å². The van der Waals surface area contributed by atoms with Gasteiger partial charge in [-0.25, -0.2) is 4.79 Å². The fourth-order valence-corrected chi connectivity index (χ4v) is 1.60. The first-order valence-corrected chi connectivity index (χ1v) is 5.46. The zero-order valence-corrected chi connectivity index (χ0v) is 10.1. The molecule has 18 heavy (non-hydrogen) atoms. The van der Waals surface area contributed by atoms with E-state index >= 15 is 0 Å². The van der Waals surface area contributed by atoms with Gasteiger partial charge >= 0.3 is 5.97 Å². The minimum atomic E-state index is -1.54. The fraction of sp³-hybridized carbons (Fsp3) is 0.900. The van der Waals surface area contributed by atoms with Gasteiger partial charge in [0.2, 0.25) is 0 Å². The Morgan fingerprint density at radius 2 is 1.89 bits per heavy atom. The number of hydrogen-bond donors (Lipinski definition) is 4. The van der Waals surface area contributed by atoms with E-state index in [-0.39, 0.29) is 0 Å². The Bertz CT molecular complexity index is 281. The summed E-state index contributed by atoms with van der Waals surface area (Å²) in [5.41, 5.74) is 0. The van der Waals surface area contributed by atoms with E-state index in [2.05, 4.69) is 4.74 Å². The van der Waals surface area contributed by atoms with Gasteiger partial charge in [-0.1, -0.05) is 0 Å². The van der Waals surface area contributed by atoms with Crippen LogP contribution in [0.15, 0.2) is 0 Å². The van der Waals surface area contributed by atoms with Gasteiger partial charge in [-0.3, -0.25) is 0 Å². The second-order valence-corrected chi connectivity index (χ2v) is 4.00. The quantitative estimate of drug-likeness (QED) is 0.407. The zero-order valence-electron chi connectivity index (χ0n) is 10.1. The highest BCUT2D eigenvalue weighted by atomic mass is 16.7. The summed E-state index contributed by atoms with van der Waals surface area (Å²) < 4.78 is 14.6. The van der Waals surface area contributed by atoms with E-state index < -0.39 is 49.4 Å². The average Bonchev–Trinajstić information content (AvgIpc) is 2.38. The molecular weight excluding hydrogens is 248 g/mol. The molecule has 0 aliphatic carbocycles. The molecule has 1 rings (SSSR count). The highest BCUT2D eigenvalue weighted by Gasteiger charge is 2.45. The molecule has 0 bridgehead atoms. The molecule has 0 aromatic heterocycles. The molecule has 1 heterocycles. The van der Waals surface area contributed by atoms with Crippen molar-refractivity contribution in [2.45, 2.75) is 43.7 Å². The Kier molecular flexibility index (Phi) is 5.45. The van der Waals surface area contributed by atoms with Crippen molar-refractivity contribution in [3.63, 3.8) is 0 Å². The molecule has 0 amide bonds. The average molecular weight is 266 g/mol. The van der Waals surface area contributed by atoms with Crippen LogP contribution >= 0.6 is 0 Å². The van der Waals surface area contributed by atoms with Gasteiger partial charge in [-0.05, 0) is 6.92 Å². The van der Waals surface area contributed by atoms with Gasteiger partial charge in [0, 0.05) is 0 Å². The van der Waals surface area contributed by atoms with Gasteiger partial charge in [0.1, 0.15) is 24.4 Å². The first-order valence-electron chi connectivity index (χ1n) is 5.46. The van der Waals surface area contributed by atoms with Crippen LogP contribution < -0.4 is 0 Å². The third-order valence-electron chi connectivity index (χ3n) is 2.72. The van der Waals surface area contributed by atoms with Crippen LogP contribution in [-0.4, -0.2) is 76.9 Å². The zero-order chi connectivity index (χ0) is 13.9. The lowest BCUT2D eigenvalue weighted by Gasteiger charge is -2.40. The normalized spacial score (nSPS) is 38.2. The van der Waals surface area contributed by atoms with Crippen LogP contribution in [0.3, 0.4) is 0 Å². The summed E-state index contributed by atoms with van der Waals surface area (Å²) in [5, 5.41) is 37.6. The Balaban J connectivity index is 2.67. The molecule has 4 N–H and O–H groups in total. The topological polar surface area (TPSA) is 126 Å². The summed E-state index contributed by atoms with van der Waals surface area (Å²) in [6, 6.07) is 0. The second kappa shape index (κ2) is 6.41. The number of carbonyl (C=O) groups excluding carboxylic acids is 1. The highest BCUT2D eigenvalue weighted by molar-refractivity contribution is 5.73. The van der Waals surface area contributed by atoms with E-state index in [1.54, 1.807) is 0 Å². The molecule has 8 heteroatoms. The molecule has 0 spiro atoms. The molecule has 1 aliphatic rings. The van der Waals surface area contributed by atoms with Crippen LogP contribution in [0.1, 0.15) is 6.92 Å². The molecule has 0 aromatic rings. The number of ether oxygens (including phenoxy) is 3. The number of carbonyl (C=O) groups is 1. The summed E-state index contributed by atoms with van der Waals surface area (Å²) in [5.74, 6) is -0.674. The van der Waals surface area contributed by atoms with Crippen molar-refractivity contribution in [3.05, 3.63) is 0 Å². The van der Waals surface area contributed by atoms with Crippen molar-refractivity contribution in [3.8, 4) is 0 Å². The maximum Gasteiger partial charge on any atom is 0.334 e. The molecule has 1 saturated heterocycles. The standard InChI is InChI=1S/C10H18O8/c1-4(9(15)16-2)17-10-8(14)7(13)6(12)5(3-11)18-10/h4-8,10-14H,3H2,1-2H3/t4?,5?,6-,7-,8?,10?/m0/s1. The number of rotatable bonds is 4. The lowest BCUT2D eigenvalue weighted by atomic mass is 9.99. The molecule has 106 valence electrons. The van der Waals surface area contributed by atoms with Crippen LogP contribution in [-0.2, 0) is 19.0 Å². The van der Waals surface area contributed by atoms with Crippen LogP contribution in [0.5, 0.6) is 0 Å². The minimum Gasteiger partial charge on any atom is -0.467 e. The van der Waals surface area contributed by atoms with Crippen molar-refractivity contribution >= 4 is 5.97 Å². The maximum atomic E-state index is 11.1. The van der Waals surface area contributed by atoms with Gasteiger partial charge in [-0.15, -0.1) is 0 Å². The molecule has 0 aromatic carbocycles. The van der Waals surface area contributed by atoms with Crippen LogP contribution in [0.25, 0.3) is 0 Å². The monoisotopic (exact) mass is 266 g/mol. The Morgan fingerprint density at radius 1 is 1.28 bits per heavy atom. The van der Waals surface area contributed by atoms with Crippen molar-refractivity contribution in [1.82, 2.24) is 0 Å². The molecule has 4 unspecified atom stereocenters. The number of aliphatic hydroxyl groups is 4. The van der Waals surface area contributed by atoms with Crippen LogP contribution in [0, 0.1) is 0 Å². The Labute approximate surface area is 104 Å². The molecule has 1 aliphatic heterocycles. The molecular formula is C10H18O8. The van der Waals surface area contributed by atoms with E-state index in [1.807, 2.05) is 0 Å². The van der Waals surface area contributed by atoms with E-state index in [4.69, 9.17) is 14.6 Å². The number of esters is 1. The molecule has 1 fully saturated rings. The predicted molar refractivity (Wildman–Crippen MR) is 56.3 cm³/mol. The summed E-state index contributed by atoms with van der Waals surface area (Å²) in [6.45, 7) is 0.824. The highest BCUT2D eigenvalue weighted by Crippen LogP contribution is 2.22. The molecule has 0 radical (unpaired) electrons. The van der Waals surface area contributed by atoms with Crippen LogP contribution in [0.4, 0.5) is 0 Å². The third-order valence-corrected chi connectivity index (χ3v) is 2.72. The van der Waals surface area contributed by atoms with E-state index in [9.17, 15) is 20.1 Å². The number of aliphatic hydroxyl groups excluding tert-OH is 4. The van der Waals surface area contributed by atoms with Crippen molar-refractivity contribution in [2.24, 2.45) is 0 Å². The van der Waals surface area contributed by atoms with E-state index in [0.29, 0.717) is 0 Å². The van der Waals surface area contributed by atoms with Gasteiger partial charge in [0.15, 0.2) is 12.4 Å². The fourth-order valence-electron chi connectivity index (χ4n) is 1.60. The lowest BCUT2D eigenvalue weighted by molar-refractivity contribution is -0.308.